The van der Waals surface area contributed by atoms with E-state index in [1.807, 2.05) is 82.3 Å². The molecule has 0 spiro atoms. The molecular weight excluding hydrogens is 717 g/mol. The first-order valence-corrected chi connectivity index (χ1v) is 20.6. The van der Waals surface area contributed by atoms with E-state index in [-0.39, 0.29) is 33.2 Å². The molecule has 4 aromatic carbocycles. The second kappa shape index (κ2) is 21.9. The molecule has 4 rings (SSSR count). The lowest BCUT2D eigenvalue weighted by Crippen LogP contribution is -2.30. The van der Waals surface area contributed by atoms with Crippen LogP contribution in [0.1, 0.15) is 103 Å². The molecule has 0 aliphatic carbocycles. The lowest BCUT2D eigenvalue weighted by molar-refractivity contribution is -0.385. The van der Waals surface area contributed by atoms with Gasteiger partial charge in [-0.15, -0.1) is 0 Å². The SMILES string of the molecule is CC.CC.CC(C)NS(=O)(=O)c1ccc(Cc2cccc(C(C)C)c2)c([N+](=O)[O-])c1.CC(C)NS(=O)(=O)c1ccc(Cc2ccccc2)c([N+](=O)[O-])c1. The molecule has 0 saturated carbocycles. The van der Waals surface area contributed by atoms with E-state index in [1.54, 1.807) is 27.7 Å². The molecule has 0 radical (unpaired) electrons. The Balaban J connectivity index is 0.000000487. The zero-order valence-corrected chi connectivity index (χ0v) is 33.9. The highest BCUT2D eigenvalue weighted by Gasteiger charge is 2.23. The van der Waals surface area contributed by atoms with Crippen molar-refractivity contribution in [3.63, 3.8) is 0 Å². The predicted octanol–water partition coefficient (Wildman–Crippen LogP) is 8.92. The zero-order valence-electron chi connectivity index (χ0n) is 32.3. The van der Waals surface area contributed by atoms with Crippen LogP contribution in [0.15, 0.2) is 101 Å². The van der Waals surface area contributed by atoms with Crippen molar-refractivity contribution in [3.8, 4) is 0 Å². The average molecular weight is 771 g/mol. The van der Waals surface area contributed by atoms with Crippen molar-refractivity contribution in [2.75, 3.05) is 0 Å². The first-order chi connectivity index (χ1) is 24.9. The summed E-state index contributed by atoms with van der Waals surface area (Å²) in [4.78, 5) is 21.5. The van der Waals surface area contributed by atoms with Crippen LogP contribution < -0.4 is 9.44 Å². The molecule has 0 atom stereocenters. The summed E-state index contributed by atoms with van der Waals surface area (Å²) in [5.74, 6) is 0.361. The molecule has 2 N–H and O–H groups in total. The van der Waals surface area contributed by atoms with Crippen LogP contribution in [0.25, 0.3) is 0 Å². The fraction of sp³-hybridized carbons (Fsp3) is 0.385. The van der Waals surface area contributed by atoms with Gasteiger partial charge in [-0.1, -0.05) is 108 Å². The highest BCUT2D eigenvalue weighted by molar-refractivity contribution is 7.89. The van der Waals surface area contributed by atoms with Crippen LogP contribution in [-0.2, 0) is 32.9 Å². The number of hydrogen-bond acceptors (Lipinski definition) is 8. The summed E-state index contributed by atoms with van der Waals surface area (Å²) in [5, 5.41) is 22.8. The van der Waals surface area contributed by atoms with Crippen molar-refractivity contribution < 1.29 is 26.7 Å². The zero-order chi connectivity index (χ0) is 40.5. The average Bonchev–Trinajstić information content (AvgIpc) is 3.10. The van der Waals surface area contributed by atoms with Crippen LogP contribution in [-0.4, -0.2) is 38.8 Å². The fourth-order valence-corrected chi connectivity index (χ4v) is 7.46. The number of nitro groups is 2. The van der Waals surface area contributed by atoms with Crippen LogP contribution in [0.5, 0.6) is 0 Å². The fourth-order valence-electron chi connectivity index (χ4n) is 4.92. The summed E-state index contributed by atoms with van der Waals surface area (Å²) in [7, 11) is -7.54. The second-order valence-corrected chi connectivity index (χ2v) is 15.8. The highest BCUT2D eigenvalue weighted by atomic mass is 32.2. The molecule has 0 amide bonds. The summed E-state index contributed by atoms with van der Waals surface area (Å²) in [6.45, 7) is 18.9. The molecule has 0 saturated heterocycles. The molecule has 12 nitrogen and oxygen atoms in total. The van der Waals surface area contributed by atoms with Gasteiger partial charge in [0.2, 0.25) is 20.0 Å². The second-order valence-electron chi connectivity index (χ2n) is 12.4. The van der Waals surface area contributed by atoms with Crippen LogP contribution in [0, 0.1) is 20.2 Å². The molecule has 4 aromatic rings. The first-order valence-electron chi connectivity index (χ1n) is 17.6. The van der Waals surface area contributed by atoms with E-state index in [2.05, 4.69) is 23.3 Å². The number of sulfonamides is 2. The van der Waals surface area contributed by atoms with Gasteiger partial charge in [0.15, 0.2) is 0 Å². The number of nitro benzene ring substituents is 2. The van der Waals surface area contributed by atoms with Crippen LogP contribution in [0.2, 0.25) is 0 Å². The Morgan fingerprint density at radius 1 is 0.547 bits per heavy atom. The van der Waals surface area contributed by atoms with Crippen molar-refractivity contribution in [2.24, 2.45) is 0 Å². The van der Waals surface area contributed by atoms with Gasteiger partial charge in [-0.25, -0.2) is 26.3 Å². The van der Waals surface area contributed by atoms with E-state index in [0.717, 1.165) is 28.8 Å². The largest absolute Gasteiger partial charge is 0.274 e. The summed E-state index contributed by atoms with van der Waals surface area (Å²) in [5.41, 5.74) is 3.61. The molecule has 0 fully saturated rings. The highest BCUT2D eigenvalue weighted by Crippen LogP contribution is 2.28. The van der Waals surface area contributed by atoms with Gasteiger partial charge in [0, 0.05) is 48.2 Å². The number of hydrogen-bond donors (Lipinski definition) is 2. The van der Waals surface area contributed by atoms with Gasteiger partial charge in [-0.3, -0.25) is 20.2 Å². The normalized spacial score (nSPS) is 11.1. The molecule has 0 aromatic heterocycles. The maximum absolute atomic E-state index is 12.3. The summed E-state index contributed by atoms with van der Waals surface area (Å²) >= 11 is 0. The Morgan fingerprint density at radius 3 is 1.32 bits per heavy atom. The third-order valence-corrected chi connectivity index (χ3v) is 10.5. The standard InChI is InChI=1S/C19H24N2O4S.C16H18N2O4S.2C2H6/c1-13(2)16-7-5-6-15(10-16)11-17-8-9-18(12-19(17)21(22)23)26(24,25)20-14(3)4;1-12(2)17-23(21,22)15-9-8-14(16(11-15)18(19)20)10-13-6-4-3-5-7-13;2*1-2/h5-10,12-14,20H,11H2,1-4H3;3-9,11-12,17H,10H2,1-2H3;2*1-2H3. The van der Waals surface area contributed by atoms with Crippen LogP contribution >= 0.6 is 0 Å². The number of nitrogens with one attached hydrogen (secondary N) is 2. The van der Waals surface area contributed by atoms with Gasteiger partial charge in [0.1, 0.15) is 0 Å². The molecule has 14 heteroatoms. The number of rotatable bonds is 13. The van der Waals surface area contributed by atoms with Crippen LogP contribution in [0.3, 0.4) is 0 Å². The molecule has 290 valence electrons. The van der Waals surface area contributed by atoms with Gasteiger partial charge in [0.05, 0.1) is 19.6 Å². The lowest BCUT2D eigenvalue weighted by Gasteiger charge is -2.11. The van der Waals surface area contributed by atoms with E-state index < -0.39 is 29.9 Å². The number of benzene rings is 4. The summed E-state index contributed by atoms with van der Waals surface area (Å²) in [6, 6.07) is 24.7. The molecule has 0 bridgehead atoms. The molecule has 0 aliphatic heterocycles. The Labute approximate surface area is 315 Å². The lowest BCUT2D eigenvalue weighted by atomic mass is 9.97. The molecular formula is C39H54N4O8S2. The van der Waals surface area contributed by atoms with E-state index in [0.29, 0.717) is 29.9 Å². The van der Waals surface area contributed by atoms with E-state index >= 15 is 0 Å². The van der Waals surface area contributed by atoms with Gasteiger partial charge >= 0.3 is 0 Å². The molecule has 0 heterocycles. The maximum atomic E-state index is 12.3. The Kier molecular flexibility index (Phi) is 19.2. The van der Waals surface area contributed by atoms with E-state index in [9.17, 15) is 37.1 Å². The van der Waals surface area contributed by atoms with Gasteiger partial charge < -0.3 is 0 Å². The number of nitrogens with zero attached hydrogens (tertiary/aromatic N) is 2. The minimum absolute atomic E-state index is 0.0995. The predicted molar refractivity (Wildman–Crippen MR) is 212 cm³/mol. The van der Waals surface area contributed by atoms with Crippen molar-refractivity contribution >= 4 is 31.4 Å². The van der Waals surface area contributed by atoms with Crippen molar-refractivity contribution in [2.45, 2.75) is 110 Å². The molecule has 0 unspecified atom stereocenters. The first kappa shape index (κ1) is 46.5. The molecule has 53 heavy (non-hydrogen) atoms. The smallest absolute Gasteiger partial charge is 0.258 e. The van der Waals surface area contributed by atoms with Crippen molar-refractivity contribution in [1.82, 2.24) is 9.44 Å². The Morgan fingerprint density at radius 2 is 0.943 bits per heavy atom. The van der Waals surface area contributed by atoms with Crippen LogP contribution in [0.4, 0.5) is 11.4 Å². The quantitative estimate of drug-likeness (QED) is 0.0999. The maximum Gasteiger partial charge on any atom is 0.274 e. The Bertz CT molecular complexity index is 2000. The monoisotopic (exact) mass is 770 g/mol. The summed E-state index contributed by atoms with van der Waals surface area (Å²) < 4.78 is 53.7. The summed E-state index contributed by atoms with van der Waals surface area (Å²) in [6.07, 6.45) is 0.740. The van der Waals surface area contributed by atoms with E-state index in [1.165, 1.54) is 24.3 Å². The minimum Gasteiger partial charge on any atom is -0.258 e. The minimum atomic E-state index is -3.78. The van der Waals surface area contributed by atoms with E-state index in [4.69, 9.17) is 0 Å². The topological polar surface area (TPSA) is 179 Å². The van der Waals surface area contributed by atoms with Gasteiger partial charge in [-0.05, 0) is 62.4 Å². The van der Waals surface area contributed by atoms with Gasteiger partial charge in [0.25, 0.3) is 11.4 Å². The Hall–Kier alpha value is -4.50. The third-order valence-electron chi connectivity index (χ3n) is 7.16. The van der Waals surface area contributed by atoms with Crippen molar-refractivity contribution in [1.29, 1.82) is 0 Å². The third kappa shape index (κ3) is 14.8. The van der Waals surface area contributed by atoms with Gasteiger partial charge in [-0.2, -0.15) is 0 Å². The molecule has 0 aliphatic rings. The van der Waals surface area contributed by atoms with Crippen molar-refractivity contribution in [3.05, 3.63) is 139 Å².